The van der Waals surface area contributed by atoms with Gasteiger partial charge in [-0.15, -0.1) is 0 Å². The largest absolute Gasteiger partial charge is 0.491 e. The van der Waals surface area contributed by atoms with Crippen LogP contribution in [0.15, 0.2) is 18.2 Å². The van der Waals surface area contributed by atoms with Crippen LogP contribution in [-0.4, -0.2) is 54.4 Å². The Morgan fingerprint density at radius 3 is 2.80 bits per heavy atom. The number of nitrogens with zero attached hydrogens (tertiary/aromatic N) is 1. The molecule has 138 valence electrons. The molecule has 1 unspecified atom stereocenters. The van der Waals surface area contributed by atoms with E-state index in [1.54, 1.807) is 0 Å². The first kappa shape index (κ1) is 18.2. The van der Waals surface area contributed by atoms with E-state index in [-0.39, 0.29) is 18.4 Å². The smallest absolute Gasteiger partial charge is 0.225 e. The topological polar surface area (TPSA) is 59.0 Å². The number of aliphatic hydroxyl groups is 1. The van der Waals surface area contributed by atoms with E-state index in [4.69, 9.17) is 9.47 Å². The Kier molecular flexibility index (Phi) is 5.64. The Hall–Kier alpha value is -1.59. The SMILES string of the molecule is Cc1ccc(OCC2(O)CCCN(C(=O)C3CCOCC3)C2)cc1C. The van der Waals surface area contributed by atoms with Crippen LogP contribution in [-0.2, 0) is 9.53 Å². The monoisotopic (exact) mass is 347 g/mol. The van der Waals surface area contributed by atoms with E-state index in [9.17, 15) is 9.90 Å². The molecular formula is C20H29NO4. The fraction of sp³-hybridized carbons (Fsp3) is 0.650. The van der Waals surface area contributed by atoms with Gasteiger partial charge >= 0.3 is 0 Å². The maximum atomic E-state index is 12.7. The van der Waals surface area contributed by atoms with Crippen molar-refractivity contribution < 1.29 is 19.4 Å². The maximum absolute atomic E-state index is 12.7. The van der Waals surface area contributed by atoms with Gasteiger partial charge in [-0.2, -0.15) is 0 Å². The Morgan fingerprint density at radius 2 is 2.08 bits per heavy atom. The van der Waals surface area contributed by atoms with Crippen LogP contribution >= 0.6 is 0 Å². The Balaban J connectivity index is 1.58. The van der Waals surface area contributed by atoms with E-state index in [1.165, 1.54) is 11.1 Å². The lowest BCUT2D eigenvalue weighted by Crippen LogP contribution is -2.54. The quantitative estimate of drug-likeness (QED) is 0.909. The van der Waals surface area contributed by atoms with Crippen molar-refractivity contribution in [3.8, 4) is 5.75 Å². The van der Waals surface area contributed by atoms with Crippen LogP contribution < -0.4 is 4.74 Å². The van der Waals surface area contributed by atoms with Gasteiger partial charge in [-0.25, -0.2) is 0 Å². The van der Waals surface area contributed by atoms with Crippen molar-refractivity contribution >= 4 is 5.91 Å². The van der Waals surface area contributed by atoms with E-state index < -0.39 is 5.60 Å². The highest BCUT2D eigenvalue weighted by Gasteiger charge is 2.38. The van der Waals surface area contributed by atoms with Gasteiger partial charge in [0.1, 0.15) is 18.0 Å². The van der Waals surface area contributed by atoms with Gasteiger partial charge in [-0.05, 0) is 62.8 Å². The summed E-state index contributed by atoms with van der Waals surface area (Å²) in [5.41, 5.74) is 1.42. The molecular weight excluding hydrogens is 318 g/mol. The van der Waals surface area contributed by atoms with Crippen molar-refractivity contribution in [1.82, 2.24) is 4.90 Å². The molecule has 1 aromatic rings. The zero-order valence-electron chi connectivity index (χ0n) is 15.3. The van der Waals surface area contributed by atoms with Crippen molar-refractivity contribution in [2.45, 2.75) is 45.1 Å². The fourth-order valence-electron chi connectivity index (χ4n) is 3.64. The van der Waals surface area contributed by atoms with E-state index >= 15 is 0 Å². The molecule has 0 spiro atoms. The van der Waals surface area contributed by atoms with E-state index in [2.05, 4.69) is 6.92 Å². The third-order valence-electron chi connectivity index (χ3n) is 5.42. The number of amides is 1. The Morgan fingerprint density at radius 1 is 1.32 bits per heavy atom. The van der Waals surface area contributed by atoms with Gasteiger partial charge in [-0.3, -0.25) is 4.79 Å². The van der Waals surface area contributed by atoms with Gasteiger partial charge in [0.25, 0.3) is 0 Å². The van der Waals surface area contributed by atoms with Crippen LogP contribution in [0.3, 0.4) is 0 Å². The summed E-state index contributed by atoms with van der Waals surface area (Å²) in [6.07, 6.45) is 3.04. The number of aryl methyl sites for hydroxylation is 2. The first-order valence-corrected chi connectivity index (χ1v) is 9.26. The number of piperidine rings is 1. The van der Waals surface area contributed by atoms with Crippen molar-refractivity contribution in [2.24, 2.45) is 5.92 Å². The summed E-state index contributed by atoms with van der Waals surface area (Å²) in [4.78, 5) is 14.5. The molecule has 0 bridgehead atoms. The van der Waals surface area contributed by atoms with E-state index in [0.717, 1.165) is 31.6 Å². The highest BCUT2D eigenvalue weighted by molar-refractivity contribution is 5.79. The number of hydrogen-bond acceptors (Lipinski definition) is 4. The Labute approximate surface area is 149 Å². The third-order valence-corrected chi connectivity index (χ3v) is 5.42. The second kappa shape index (κ2) is 7.75. The highest BCUT2D eigenvalue weighted by atomic mass is 16.5. The molecule has 5 nitrogen and oxygen atoms in total. The fourth-order valence-corrected chi connectivity index (χ4v) is 3.64. The summed E-state index contributed by atoms with van der Waals surface area (Å²) in [6.45, 7) is 6.72. The molecule has 2 heterocycles. The molecule has 0 saturated carbocycles. The summed E-state index contributed by atoms with van der Waals surface area (Å²) >= 11 is 0. The minimum Gasteiger partial charge on any atom is -0.491 e. The summed E-state index contributed by atoms with van der Waals surface area (Å²) in [5, 5.41) is 10.9. The van der Waals surface area contributed by atoms with Crippen LogP contribution in [0.1, 0.15) is 36.8 Å². The lowest BCUT2D eigenvalue weighted by Gasteiger charge is -2.40. The molecule has 1 amide bonds. The van der Waals surface area contributed by atoms with Gasteiger partial charge in [-0.1, -0.05) is 6.07 Å². The Bertz CT molecular complexity index is 612. The summed E-state index contributed by atoms with van der Waals surface area (Å²) in [5.74, 6) is 0.966. The minimum absolute atomic E-state index is 0.0387. The second-order valence-electron chi connectivity index (χ2n) is 7.51. The molecule has 1 aromatic carbocycles. The van der Waals surface area contributed by atoms with Gasteiger partial charge in [0.2, 0.25) is 5.91 Å². The van der Waals surface area contributed by atoms with Crippen LogP contribution in [0.25, 0.3) is 0 Å². The molecule has 0 radical (unpaired) electrons. The number of β-amino-alcohol motifs (C(OH)–C–C–N with tert-alkyl or cyclic N) is 1. The third kappa shape index (κ3) is 4.53. The predicted octanol–water partition coefficient (Wildman–Crippen LogP) is 2.46. The number of rotatable bonds is 4. The molecule has 1 atom stereocenters. The molecule has 25 heavy (non-hydrogen) atoms. The van der Waals surface area contributed by atoms with Gasteiger partial charge in [0, 0.05) is 25.7 Å². The van der Waals surface area contributed by atoms with E-state index in [0.29, 0.717) is 26.2 Å². The summed E-state index contributed by atoms with van der Waals surface area (Å²) in [6, 6.07) is 5.95. The lowest BCUT2D eigenvalue weighted by atomic mass is 9.91. The average Bonchev–Trinajstić information content (AvgIpc) is 2.63. The number of hydrogen-bond donors (Lipinski definition) is 1. The predicted molar refractivity (Wildman–Crippen MR) is 95.7 cm³/mol. The van der Waals surface area contributed by atoms with Crippen LogP contribution in [0.2, 0.25) is 0 Å². The first-order chi connectivity index (χ1) is 12.0. The number of likely N-dealkylation sites (tertiary alicyclic amines) is 1. The normalized spacial score (nSPS) is 25.0. The molecule has 3 rings (SSSR count). The zero-order chi connectivity index (χ0) is 17.9. The number of carbonyl (C=O) groups excluding carboxylic acids is 1. The van der Waals surface area contributed by atoms with Gasteiger partial charge in [0.15, 0.2) is 0 Å². The second-order valence-corrected chi connectivity index (χ2v) is 7.51. The number of ether oxygens (including phenoxy) is 2. The maximum Gasteiger partial charge on any atom is 0.225 e. The van der Waals surface area contributed by atoms with Gasteiger partial charge in [0.05, 0.1) is 6.54 Å². The van der Waals surface area contributed by atoms with Crippen LogP contribution in [0, 0.1) is 19.8 Å². The average molecular weight is 347 g/mol. The molecule has 2 fully saturated rings. The molecule has 1 N–H and O–H groups in total. The molecule has 5 heteroatoms. The number of benzene rings is 1. The summed E-state index contributed by atoms with van der Waals surface area (Å²) < 4.78 is 11.2. The van der Waals surface area contributed by atoms with Crippen LogP contribution in [0.5, 0.6) is 5.75 Å². The molecule has 2 saturated heterocycles. The molecule has 2 aliphatic rings. The molecule has 2 aliphatic heterocycles. The van der Waals surface area contributed by atoms with Crippen molar-refractivity contribution in [3.63, 3.8) is 0 Å². The summed E-state index contributed by atoms with van der Waals surface area (Å²) in [7, 11) is 0. The van der Waals surface area contributed by atoms with E-state index in [1.807, 2.05) is 30.0 Å². The molecule has 0 aliphatic carbocycles. The highest BCUT2D eigenvalue weighted by Crippen LogP contribution is 2.26. The zero-order valence-corrected chi connectivity index (χ0v) is 15.3. The minimum atomic E-state index is -0.974. The first-order valence-electron chi connectivity index (χ1n) is 9.26. The van der Waals surface area contributed by atoms with Crippen molar-refractivity contribution in [1.29, 1.82) is 0 Å². The van der Waals surface area contributed by atoms with Crippen molar-refractivity contribution in [2.75, 3.05) is 32.9 Å². The molecule has 0 aromatic heterocycles. The number of carbonyl (C=O) groups is 1. The van der Waals surface area contributed by atoms with Gasteiger partial charge < -0.3 is 19.5 Å². The van der Waals surface area contributed by atoms with Crippen molar-refractivity contribution in [3.05, 3.63) is 29.3 Å². The standard InChI is InChI=1S/C20H29NO4/c1-15-4-5-18(12-16(15)2)25-14-20(23)8-3-9-21(13-20)19(22)17-6-10-24-11-7-17/h4-5,12,17,23H,3,6-11,13-14H2,1-2H3. The van der Waals surface area contributed by atoms with Crippen LogP contribution in [0.4, 0.5) is 0 Å². The lowest BCUT2D eigenvalue weighted by molar-refractivity contribution is -0.147.